The Labute approximate surface area is 251 Å². The predicted octanol–water partition coefficient (Wildman–Crippen LogP) is 8.30. The number of piperidine rings is 1. The number of anilines is 1. The lowest BCUT2D eigenvalue weighted by molar-refractivity contribution is 0.0973. The summed E-state index contributed by atoms with van der Waals surface area (Å²) in [7, 11) is 0. The van der Waals surface area contributed by atoms with Crippen molar-refractivity contribution >= 4 is 22.8 Å². The van der Waals surface area contributed by atoms with Crippen LogP contribution in [0.2, 0.25) is 0 Å². The third kappa shape index (κ3) is 6.11. The van der Waals surface area contributed by atoms with Crippen LogP contribution in [0.5, 0.6) is 5.75 Å². The number of hydrogen-bond donors (Lipinski definition) is 1. The van der Waals surface area contributed by atoms with Gasteiger partial charge in [0.2, 0.25) is 5.95 Å². The van der Waals surface area contributed by atoms with Crippen LogP contribution >= 0.6 is 0 Å². The maximum Gasteiger partial charge on any atom is 0.206 e. The lowest BCUT2D eigenvalue weighted by atomic mass is 9.78. The molecule has 1 aliphatic heterocycles. The molecule has 0 saturated carbocycles. The van der Waals surface area contributed by atoms with Crippen molar-refractivity contribution in [3.8, 4) is 5.75 Å². The fourth-order valence-electron chi connectivity index (χ4n) is 6.22. The zero-order valence-corrected chi connectivity index (χ0v) is 26.7. The van der Waals surface area contributed by atoms with E-state index in [1.165, 1.54) is 16.7 Å². The average molecular weight is 566 g/mol. The highest BCUT2D eigenvalue weighted by atomic mass is 16.3. The Kier molecular flexibility index (Phi) is 8.00. The molecule has 0 atom stereocenters. The first-order chi connectivity index (χ1) is 19.7. The van der Waals surface area contributed by atoms with Gasteiger partial charge in [-0.1, -0.05) is 71.9 Å². The number of rotatable bonds is 6. The molecule has 5 heteroatoms. The topological polar surface area (TPSA) is 58.4 Å². The monoisotopic (exact) mass is 565 g/mol. The molecule has 5 rings (SSSR count). The number of phenols is 1. The van der Waals surface area contributed by atoms with E-state index in [-0.39, 0.29) is 23.2 Å². The van der Waals surface area contributed by atoms with Crippen LogP contribution in [-0.2, 0) is 23.8 Å². The number of phenolic OH excluding ortho intramolecular Hbond substituents is 1. The molecule has 0 amide bonds. The number of hydrogen-bond acceptors (Lipinski definition) is 4. The quantitative estimate of drug-likeness (QED) is 0.239. The van der Waals surface area contributed by atoms with Crippen LogP contribution in [0.1, 0.15) is 92.6 Å². The molecule has 3 aromatic carbocycles. The Balaban J connectivity index is 1.49. The summed E-state index contributed by atoms with van der Waals surface area (Å²) < 4.78 is 2.13. The molecule has 1 N–H and O–H groups in total. The molecule has 0 spiro atoms. The van der Waals surface area contributed by atoms with E-state index in [9.17, 15) is 9.90 Å². The van der Waals surface area contributed by atoms with Gasteiger partial charge in [-0.3, -0.25) is 4.79 Å². The number of fused-ring (bicyclic) bond motifs is 1. The number of carbonyl (C=O) groups is 1. The van der Waals surface area contributed by atoms with Crippen LogP contribution in [0.3, 0.4) is 0 Å². The van der Waals surface area contributed by atoms with E-state index in [1.807, 2.05) is 12.1 Å². The molecule has 4 aromatic rings. The van der Waals surface area contributed by atoms with Crippen molar-refractivity contribution in [2.24, 2.45) is 5.92 Å². The molecule has 1 aromatic heterocycles. The van der Waals surface area contributed by atoms with Crippen molar-refractivity contribution in [1.29, 1.82) is 0 Å². The number of ketones is 1. The first-order valence-corrected chi connectivity index (χ1v) is 15.4. The Morgan fingerprint density at radius 1 is 0.881 bits per heavy atom. The standard InChI is InChI=1S/C37H47N3O2/c1-24-18-31-32(19-25(24)2)40(35(38-31)39-16-14-27(15-17-39)20-26-12-10-9-11-13-26)23-33(41)28-21-29(36(3,4)5)34(42)30(22-28)37(6,7)8/h9-13,18-19,21-22,27,42H,14-17,20,23H2,1-8H3. The highest BCUT2D eigenvalue weighted by Crippen LogP contribution is 2.40. The second-order valence-corrected chi connectivity index (χ2v) is 14.4. The Morgan fingerprint density at radius 2 is 1.45 bits per heavy atom. The molecule has 0 bridgehead atoms. The summed E-state index contributed by atoms with van der Waals surface area (Å²) in [4.78, 5) is 21.6. The van der Waals surface area contributed by atoms with Gasteiger partial charge in [0.25, 0.3) is 0 Å². The Morgan fingerprint density at radius 3 is 2.02 bits per heavy atom. The number of nitrogens with zero attached hydrogens (tertiary/aromatic N) is 3. The minimum atomic E-state index is -0.300. The SMILES string of the molecule is Cc1cc2nc(N3CCC(Cc4ccccc4)CC3)n(CC(=O)c3cc(C(C)(C)C)c(O)c(C(C)(C)C)c3)c2cc1C. The number of aromatic nitrogens is 2. The molecular weight excluding hydrogens is 518 g/mol. The highest BCUT2D eigenvalue weighted by molar-refractivity contribution is 5.98. The Hall–Kier alpha value is -3.60. The van der Waals surface area contributed by atoms with Gasteiger partial charge in [0.15, 0.2) is 5.78 Å². The molecule has 5 nitrogen and oxygen atoms in total. The summed E-state index contributed by atoms with van der Waals surface area (Å²) >= 11 is 0. The van der Waals surface area contributed by atoms with Crippen LogP contribution in [0.15, 0.2) is 54.6 Å². The van der Waals surface area contributed by atoms with Crippen molar-refractivity contribution in [2.75, 3.05) is 18.0 Å². The molecule has 0 unspecified atom stereocenters. The second-order valence-electron chi connectivity index (χ2n) is 14.4. The summed E-state index contributed by atoms with van der Waals surface area (Å²) in [5.41, 5.74) is 7.38. The molecule has 1 aliphatic rings. The highest BCUT2D eigenvalue weighted by Gasteiger charge is 2.29. The van der Waals surface area contributed by atoms with E-state index in [0.29, 0.717) is 17.2 Å². The third-order valence-electron chi connectivity index (χ3n) is 8.96. The Bertz CT molecular complexity index is 1560. The van der Waals surface area contributed by atoms with Gasteiger partial charge < -0.3 is 14.6 Å². The minimum absolute atomic E-state index is 0.0312. The molecule has 2 heterocycles. The van der Waals surface area contributed by atoms with E-state index in [1.54, 1.807) is 0 Å². The van der Waals surface area contributed by atoms with Crippen molar-refractivity contribution in [3.05, 3.63) is 88.0 Å². The van der Waals surface area contributed by atoms with Crippen LogP contribution in [-0.4, -0.2) is 33.5 Å². The summed E-state index contributed by atoms with van der Waals surface area (Å²) in [6.45, 7) is 18.8. The molecule has 42 heavy (non-hydrogen) atoms. The van der Waals surface area contributed by atoms with Crippen LogP contribution in [0.4, 0.5) is 5.95 Å². The molecule has 0 radical (unpaired) electrons. The van der Waals surface area contributed by atoms with Crippen molar-refractivity contribution in [1.82, 2.24) is 9.55 Å². The van der Waals surface area contributed by atoms with Crippen molar-refractivity contribution in [2.45, 2.75) is 92.0 Å². The third-order valence-corrected chi connectivity index (χ3v) is 8.96. The molecule has 222 valence electrons. The zero-order chi connectivity index (χ0) is 30.4. The number of aromatic hydroxyl groups is 1. The summed E-state index contributed by atoms with van der Waals surface area (Å²) in [6, 6.07) is 18.9. The lowest BCUT2D eigenvalue weighted by Gasteiger charge is -2.33. The van der Waals surface area contributed by atoms with Gasteiger partial charge in [-0.05, 0) is 90.8 Å². The molecular formula is C37H47N3O2. The number of Topliss-reactive ketones (excluding diaryl/α,β-unsaturated/α-hetero) is 1. The van der Waals surface area contributed by atoms with E-state index in [0.717, 1.165) is 60.5 Å². The summed E-state index contributed by atoms with van der Waals surface area (Å²) in [5.74, 6) is 1.86. The first-order valence-electron chi connectivity index (χ1n) is 15.4. The van der Waals surface area contributed by atoms with Gasteiger partial charge in [0.05, 0.1) is 17.6 Å². The molecule has 0 aliphatic carbocycles. The van der Waals surface area contributed by atoms with E-state index >= 15 is 0 Å². The van der Waals surface area contributed by atoms with Gasteiger partial charge in [-0.25, -0.2) is 4.98 Å². The number of carbonyl (C=O) groups excluding carboxylic acids is 1. The van der Waals surface area contributed by atoms with E-state index in [4.69, 9.17) is 4.98 Å². The normalized spacial score (nSPS) is 15.0. The van der Waals surface area contributed by atoms with Gasteiger partial charge in [-0.15, -0.1) is 0 Å². The fraction of sp³-hybridized carbons (Fsp3) is 0.459. The van der Waals surface area contributed by atoms with Crippen LogP contribution < -0.4 is 4.90 Å². The number of aryl methyl sites for hydroxylation is 2. The van der Waals surface area contributed by atoms with Gasteiger partial charge >= 0.3 is 0 Å². The predicted molar refractivity (Wildman–Crippen MR) is 174 cm³/mol. The number of imidazole rings is 1. The van der Waals surface area contributed by atoms with Crippen molar-refractivity contribution < 1.29 is 9.90 Å². The van der Waals surface area contributed by atoms with Gasteiger partial charge in [0.1, 0.15) is 5.75 Å². The summed E-state index contributed by atoms with van der Waals surface area (Å²) in [6.07, 6.45) is 3.31. The maximum absolute atomic E-state index is 14.1. The van der Waals surface area contributed by atoms with Crippen LogP contribution in [0.25, 0.3) is 11.0 Å². The van der Waals surface area contributed by atoms with E-state index < -0.39 is 0 Å². The largest absolute Gasteiger partial charge is 0.507 e. The second kappa shape index (κ2) is 11.2. The lowest BCUT2D eigenvalue weighted by Crippen LogP contribution is -2.36. The van der Waals surface area contributed by atoms with Crippen molar-refractivity contribution in [3.63, 3.8) is 0 Å². The minimum Gasteiger partial charge on any atom is -0.507 e. The first kappa shape index (κ1) is 29.9. The van der Waals surface area contributed by atoms with Gasteiger partial charge in [-0.2, -0.15) is 0 Å². The smallest absolute Gasteiger partial charge is 0.206 e. The average Bonchev–Trinajstić information content (AvgIpc) is 3.25. The fourth-order valence-corrected chi connectivity index (χ4v) is 6.22. The van der Waals surface area contributed by atoms with E-state index in [2.05, 4.69) is 107 Å². The van der Waals surface area contributed by atoms with Crippen LogP contribution in [0, 0.1) is 19.8 Å². The zero-order valence-electron chi connectivity index (χ0n) is 26.7. The van der Waals surface area contributed by atoms with Gasteiger partial charge in [0, 0.05) is 29.8 Å². The maximum atomic E-state index is 14.1. The summed E-state index contributed by atoms with van der Waals surface area (Å²) in [5, 5.41) is 11.2. The molecule has 1 fully saturated rings. The number of benzene rings is 3. The molecule has 1 saturated heterocycles.